The number of rotatable bonds is 7. The van der Waals surface area contributed by atoms with E-state index in [0.717, 1.165) is 49.4 Å². The molecule has 0 aromatic carbocycles. The Morgan fingerprint density at radius 3 is 3.00 bits per heavy atom. The Kier molecular flexibility index (Phi) is 5.82. The van der Waals surface area contributed by atoms with Crippen molar-refractivity contribution in [2.24, 2.45) is 4.99 Å². The fraction of sp³-hybridized carbons (Fsp3) is 0.565. The van der Waals surface area contributed by atoms with Gasteiger partial charge < -0.3 is 20.2 Å². The van der Waals surface area contributed by atoms with E-state index in [0.29, 0.717) is 18.5 Å². The second-order valence-electron chi connectivity index (χ2n) is 8.83. The smallest absolute Gasteiger partial charge is 0.230 e. The Bertz CT molecular complexity index is 1060. The van der Waals surface area contributed by atoms with Gasteiger partial charge in [0.2, 0.25) is 11.9 Å². The average Bonchev–Trinajstić information content (AvgIpc) is 3.41. The van der Waals surface area contributed by atoms with Gasteiger partial charge in [0.05, 0.1) is 24.6 Å². The van der Waals surface area contributed by atoms with Crippen molar-refractivity contribution in [1.29, 1.82) is 0 Å². The van der Waals surface area contributed by atoms with Crippen molar-refractivity contribution in [3.63, 3.8) is 0 Å². The van der Waals surface area contributed by atoms with Crippen LogP contribution in [0.3, 0.4) is 0 Å². The van der Waals surface area contributed by atoms with Crippen LogP contribution in [0.4, 0.5) is 11.9 Å². The molecule has 9 nitrogen and oxygen atoms in total. The molecule has 170 valence electrons. The Balaban J connectivity index is 1.43. The third-order valence-electron chi connectivity index (χ3n) is 6.74. The number of nitrogens with zero attached hydrogens (tertiary/aromatic N) is 7. The lowest BCUT2D eigenvalue weighted by Gasteiger charge is -2.35. The van der Waals surface area contributed by atoms with Crippen LogP contribution >= 0.6 is 0 Å². The first-order chi connectivity index (χ1) is 15.7. The predicted molar refractivity (Wildman–Crippen MR) is 126 cm³/mol. The van der Waals surface area contributed by atoms with E-state index in [4.69, 9.17) is 9.97 Å². The molecule has 0 radical (unpaired) electrons. The molecule has 2 N–H and O–H groups in total. The van der Waals surface area contributed by atoms with E-state index in [9.17, 15) is 5.11 Å². The normalized spacial score (nSPS) is 24.8. The maximum absolute atomic E-state index is 9.55. The van der Waals surface area contributed by atoms with Crippen molar-refractivity contribution in [3.05, 3.63) is 35.6 Å². The van der Waals surface area contributed by atoms with Crippen LogP contribution in [0.2, 0.25) is 0 Å². The lowest BCUT2D eigenvalue weighted by molar-refractivity contribution is 0.261. The summed E-state index contributed by atoms with van der Waals surface area (Å²) in [6.07, 6.45) is 15.4. The van der Waals surface area contributed by atoms with E-state index in [1.807, 2.05) is 17.1 Å². The van der Waals surface area contributed by atoms with Crippen LogP contribution < -0.4 is 10.2 Å². The first-order valence-electron chi connectivity index (χ1n) is 11.7. The molecule has 3 aliphatic rings. The number of nitrogens with one attached hydrogen (secondary N) is 1. The fourth-order valence-corrected chi connectivity index (χ4v) is 4.89. The molecule has 0 spiro atoms. The minimum atomic E-state index is 0.173. The fourth-order valence-electron chi connectivity index (χ4n) is 4.89. The summed E-state index contributed by atoms with van der Waals surface area (Å²) in [5.41, 5.74) is 3.14. The first-order valence-corrected chi connectivity index (χ1v) is 11.7. The number of aliphatic imine (C=N–C) groups is 1. The van der Waals surface area contributed by atoms with Crippen molar-refractivity contribution in [3.8, 4) is 0 Å². The van der Waals surface area contributed by atoms with Gasteiger partial charge in [0, 0.05) is 38.3 Å². The zero-order valence-corrected chi connectivity index (χ0v) is 18.9. The summed E-state index contributed by atoms with van der Waals surface area (Å²) in [6.45, 7) is 3.86. The van der Waals surface area contributed by atoms with E-state index in [2.05, 4.69) is 57.4 Å². The van der Waals surface area contributed by atoms with Crippen molar-refractivity contribution < 1.29 is 5.11 Å². The summed E-state index contributed by atoms with van der Waals surface area (Å²) in [6, 6.07) is 0.763. The molecule has 0 bridgehead atoms. The minimum absolute atomic E-state index is 0.173. The van der Waals surface area contributed by atoms with Crippen LogP contribution in [-0.2, 0) is 6.42 Å². The number of aliphatic hydroxyl groups is 1. The van der Waals surface area contributed by atoms with Crippen molar-refractivity contribution in [2.75, 3.05) is 37.0 Å². The number of piperidine rings is 1. The zero-order valence-electron chi connectivity index (χ0n) is 18.9. The molecule has 2 aromatic rings. The highest BCUT2D eigenvalue weighted by molar-refractivity contribution is 5.61. The van der Waals surface area contributed by atoms with E-state index in [1.165, 1.54) is 12.0 Å². The van der Waals surface area contributed by atoms with Gasteiger partial charge in [-0.25, -0.2) is 0 Å². The zero-order chi connectivity index (χ0) is 22.1. The van der Waals surface area contributed by atoms with Gasteiger partial charge in [0.1, 0.15) is 0 Å². The Labute approximate surface area is 188 Å². The molecule has 2 aliphatic heterocycles. The topological polar surface area (TPSA) is 94.2 Å². The van der Waals surface area contributed by atoms with Gasteiger partial charge in [-0.3, -0.25) is 4.99 Å². The molecule has 1 aliphatic carbocycles. The quantitative estimate of drug-likeness (QED) is 0.686. The van der Waals surface area contributed by atoms with Gasteiger partial charge in [-0.2, -0.15) is 19.6 Å². The number of hydrogen-bond donors (Lipinski definition) is 2. The number of likely N-dealkylation sites (N-methyl/N-ethyl adjacent to an activating group) is 1. The number of hydrogen-bond acceptors (Lipinski definition) is 8. The van der Waals surface area contributed by atoms with Crippen molar-refractivity contribution in [1.82, 2.24) is 24.5 Å². The van der Waals surface area contributed by atoms with Gasteiger partial charge >= 0.3 is 0 Å². The predicted octanol–water partition coefficient (Wildman–Crippen LogP) is 2.05. The molecular formula is C23H32N8O. The van der Waals surface area contributed by atoms with E-state index in [-0.39, 0.29) is 18.7 Å². The largest absolute Gasteiger partial charge is 0.396 e. The first kappa shape index (κ1) is 20.9. The highest BCUT2D eigenvalue weighted by Gasteiger charge is 2.28. The molecule has 3 atom stereocenters. The highest BCUT2D eigenvalue weighted by atomic mass is 16.3. The van der Waals surface area contributed by atoms with Crippen LogP contribution in [0.25, 0.3) is 5.65 Å². The molecule has 0 saturated carbocycles. The number of aliphatic hydroxyl groups excluding tert-OH is 1. The Hall–Kier alpha value is -2.94. The van der Waals surface area contributed by atoms with Crippen LogP contribution in [-0.4, -0.2) is 80.8 Å². The number of anilines is 2. The second-order valence-corrected chi connectivity index (χ2v) is 8.83. The maximum Gasteiger partial charge on any atom is 0.230 e. The third-order valence-corrected chi connectivity index (χ3v) is 6.74. The monoisotopic (exact) mass is 436 g/mol. The summed E-state index contributed by atoms with van der Waals surface area (Å²) in [7, 11) is 2.06. The summed E-state index contributed by atoms with van der Waals surface area (Å²) in [5, 5.41) is 17.6. The number of aromatic nitrogens is 4. The highest BCUT2D eigenvalue weighted by Crippen LogP contribution is 2.27. The van der Waals surface area contributed by atoms with Crippen LogP contribution in [0.15, 0.2) is 35.0 Å². The molecule has 1 saturated heterocycles. The molecule has 4 heterocycles. The van der Waals surface area contributed by atoms with E-state index in [1.54, 1.807) is 0 Å². The maximum atomic E-state index is 9.55. The van der Waals surface area contributed by atoms with Gasteiger partial charge in [0.25, 0.3) is 0 Å². The SMILES string of the molecule is CCc1cnn2c(NCC3=CC4N=CN(C)C4C=C3)nc(N3CCCC[C@H]3CCO)nc12. The standard InChI is InChI=1S/C23H32N8O/c1-3-17-14-26-31-21(17)27-23(30-10-5-4-6-18(30)9-11-32)28-22(31)24-13-16-7-8-20-19(12-16)25-15-29(20)2/h7-8,12,14-15,18-20,32H,3-6,9-11,13H2,1-2H3,(H,24,27,28)/t18-,19?,20?/m0/s1. The third kappa shape index (κ3) is 3.85. The summed E-state index contributed by atoms with van der Waals surface area (Å²) in [5.74, 6) is 1.42. The van der Waals surface area contributed by atoms with E-state index < -0.39 is 0 Å². The average molecular weight is 437 g/mol. The molecule has 9 heteroatoms. The van der Waals surface area contributed by atoms with Gasteiger partial charge in [-0.1, -0.05) is 25.2 Å². The molecule has 5 rings (SSSR count). The summed E-state index contributed by atoms with van der Waals surface area (Å²) >= 11 is 0. The minimum Gasteiger partial charge on any atom is -0.396 e. The second kappa shape index (κ2) is 8.90. The van der Waals surface area contributed by atoms with Crippen molar-refractivity contribution in [2.45, 2.75) is 57.2 Å². The lowest BCUT2D eigenvalue weighted by Crippen LogP contribution is -2.41. The summed E-state index contributed by atoms with van der Waals surface area (Å²) < 4.78 is 1.81. The number of aryl methyl sites for hydroxylation is 1. The van der Waals surface area contributed by atoms with E-state index >= 15 is 0 Å². The molecule has 2 aromatic heterocycles. The van der Waals surface area contributed by atoms with Gasteiger partial charge in [-0.15, -0.1) is 0 Å². The van der Waals surface area contributed by atoms with Gasteiger partial charge in [0.15, 0.2) is 5.65 Å². The molecular weight excluding hydrogens is 404 g/mol. The summed E-state index contributed by atoms with van der Waals surface area (Å²) in [4.78, 5) is 18.8. The van der Waals surface area contributed by atoms with Crippen molar-refractivity contribution >= 4 is 23.9 Å². The van der Waals surface area contributed by atoms with Gasteiger partial charge in [-0.05, 0) is 37.7 Å². The molecule has 0 amide bonds. The van der Waals surface area contributed by atoms with Crippen LogP contribution in [0, 0.1) is 0 Å². The van der Waals surface area contributed by atoms with Crippen LogP contribution in [0.1, 0.15) is 38.2 Å². The van der Waals surface area contributed by atoms with Crippen LogP contribution in [0.5, 0.6) is 0 Å². The Morgan fingerprint density at radius 2 is 2.16 bits per heavy atom. The lowest BCUT2D eigenvalue weighted by atomic mass is 9.98. The Morgan fingerprint density at radius 1 is 1.25 bits per heavy atom. The molecule has 2 unspecified atom stereocenters. The molecule has 1 fully saturated rings. The number of fused-ring (bicyclic) bond motifs is 2. The molecule has 32 heavy (non-hydrogen) atoms.